The molecule has 128 valence electrons. The van der Waals surface area contributed by atoms with Gasteiger partial charge in [-0.05, 0) is 51.8 Å². The van der Waals surface area contributed by atoms with Gasteiger partial charge in [0.1, 0.15) is 5.60 Å². The molecule has 0 spiro atoms. The lowest BCUT2D eigenvalue weighted by Crippen LogP contribution is -2.52. The van der Waals surface area contributed by atoms with Crippen molar-refractivity contribution in [3.8, 4) is 0 Å². The first-order valence-electron chi connectivity index (χ1n) is 8.31. The van der Waals surface area contributed by atoms with Gasteiger partial charge in [0, 0.05) is 37.9 Å². The number of carbonyl (C=O) groups is 1. The van der Waals surface area contributed by atoms with Crippen molar-refractivity contribution in [1.29, 1.82) is 0 Å². The van der Waals surface area contributed by atoms with Gasteiger partial charge in [-0.3, -0.25) is 4.90 Å². The smallest absolute Gasteiger partial charge is 0.410 e. The van der Waals surface area contributed by atoms with Crippen molar-refractivity contribution >= 4 is 11.8 Å². The lowest BCUT2D eigenvalue weighted by Gasteiger charge is -2.38. The normalized spacial score (nSPS) is 17.8. The molecular formula is C18H29N3O2. The third-order valence-corrected chi connectivity index (χ3v) is 4.10. The number of anilines is 1. The topological polar surface area (TPSA) is 58.8 Å². The fraction of sp³-hybridized carbons (Fsp3) is 0.611. The zero-order valence-electron chi connectivity index (χ0n) is 14.7. The molecule has 1 saturated heterocycles. The maximum Gasteiger partial charge on any atom is 0.410 e. The third kappa shape index (κ3) is 5.43. The van der Waals surface area contributed by atoms with Crippen molar-refractivity contribution in [2.24, 2.45) is 0 Å². The Labute approximate surface area is 139 Å². The fourth-order valence-corrected chi connectivity index (χ4v) is 2.80. The number of nitrogens with zero attached hydrogens (tertiary/aromatic N) is 2. The van der Waals surface area contributed by atoms with Gasteiger partial charge in [-0.1, -0.05) is 12.1 Å². The molecule has 5 nitrogen and oxygen atoms in total. The van der Waals surface area contributed by atoms with Crippen LogP contribution in [0.25, 0.3) is 0 Å². The molecule has 0 saturated carbocycles. The van der Waals surface area contributed by atoms with Gasteiger partial charge in [0.15, 0.2) is 0 Å². The summed E-state index contributed by atoms with van der Waals surface area (Å²) >= 11 is 0. The van der Waals surface area contributed by atoms with Gasteiger partial charge in [-0.25, -0.2) is 4.79 Å². The predicted octanol–water partition coefficient (Wildman–Crippen LogP) is 2.75. The SMILES string of the molecule is CC(Cc1ccc(N)cc1)N1CCN(C(=O)OC(C)(C)C)CC1. The van der Waals surface area contributed by atoms with Crippen LogP contribution in [0.15, 0.2) is 24.3 Å². The highest BCUT2D eigenvalue weighted by molar-refractivity contribution is 5.68. The van der Waals surface area contributed by atoms with E-state index in [-0.39, 0.29) is 6.09 Å². The van der Waals surface area contributed by atoms with E-state index in [4.69, 9.17) is 10.5 Å². The number of nitrogen functional groups attached to an aromatic ring is 1. The van der Waals surface area contributed by atoms with Crippen LogP contribution in [-0.2, 0) is 11.2 Å². The summed E-state index contributed by atoms with van der Waals surface area (Å²) in [6, 6.07) is 8.51. The van der Waals surface area contributed by atoms with Crippen molar-refractivity contribution in [3.05, 3.63) is 29.8 Å². The van der Waals surface area contributed by atoms with Crippen LogP contribution >= 0.6 is 0 Å². The molecule has 1 amide bonds. The molecule has 1 aromatic carbocycles. The molecule has 1 aliphatic heterocycles. The molecule has 1 heterocycles. The van der Waals surface area contributed by atoms with E-state index in [0.717, 1.165) is 38.3 Å². The van der Waals surface area contributed by atoms with Crippen molar-refractivity contribution in [2.75, 3.05) is 31.9 Å². The number of nitrogens with two attached hydrogens (primary N) is 1. The van der Waals surface area contributed by atoms with Crippen LogP contribution in [0.2, 0.25) is 0 Å². The summed E-state index contributed by atoms with van der Waals surface area (Å²) in [5, 5.41) is 0. The van der Waals surface area contributed by atoms with E-state index in [1.807, 2.05) is 32.9 Å². The molecule has 0 radical (unpaired) electrons. The summed E-state index contributed by atoms with van der Waals surface area (Å²) in [5.41, 5.74) is 7.39. The minimum atomic E-state index is -0.434. The van der Waals surface area contributed by atoms with Crippen molar-refractivity contribution in [2.45, 2.75) is 45.8 Å². The minimum absolute atomic E-state index is 0.205. The molecule has 1 aliphatic rings. The highest BCUT2D eigenvalue weighted by atomic mass is 16.6. The minimum Gasteiger partial charge on any atom is -0.444 e. The number of amides is 1. The zero-order valence-corrected chi connectivity index (χ0v) is 14.7. The highest BCUT2D eigenvalue weighted by Gasteiger charge is 2.27. The summed E-state index contributed by atoms with van der Waals surface area (Å²) in [7, 11) is 0. The number of piperazine rings is 1. The summed E-state index contributed by atoms with van der Waals surface area (Å²) in [5.74, 6) is 0. The Kier molecular flexibility index (Phi) is 5.52. The van der Waals surface area contributed by atoms with Crippen LogP contribution in [0.3, 0.4) is 0 Å². The van der Waals surface area contributed by atoms with Crippen LogP contribution < -0.4 is 5.73 Å². The van der Waals surface area contributed by atoms with Gasteiger partial charge in [0.05, 0.1) is 0 Å². The molecule has 0 bridgehead atoms. The Morgan fingerprint density at radius 2 is 1.74 bits per heavy atom. The van der Waals surface area contributed by atoms with Crippen molar-refractivity contribution in [3.63, 3.8) is 0 Å². The number of hydrogen-bond acceptors (Lipinski definition) is 4. The van der Waals surface area contributed by atoms with Gasteiger partial charge in [0.2, 0.25) is 0 Å². The molecule has 2 N–H and O–H groups in total. The molecule has 0 aromatic heterocycles. The van der Waals surface area contributed by atoms with Gasteiger partial charge in [0.25, 0.3) is 0 Å². The molecule has 23 heavy (non-hydrogen) atoms. The van der Waals surface area contributed by atoms with Gasteiger partial charge < -0.3 is 15.4 Å². The molecule has 0 aliphatic carbocycles. The number of benzene rings is 1. The number of carbonyl (C=O) groups excluding carboxylic acids is 1. The Hall–Kier alpha value is -1.75. The number of rotatable bonds is 3. The van der Waals surface area contributed by atoms with E-state index < -0.39 is 5.60 Å². The molecule has 1 fully saturated rings. The maximum absolute atomic E-state index is 12.1. The number of ether oxygens (including phenoxy) is 1. The molecular weight excluding hydrogens is 290 g/mol. The second-order valence-electron chi connectivity index (χ2n) is 7.30. The summed E-state index contributed by atoms with van der Waals surface area (Å²) in [6.45, 7) is 11.1. The molecule has 5 heteroatoms. The number of hydrogen-bond donors (Lipinski definition) is 1. The van der Waals surface area contributed by atoms with E-state index >= 15 is 0 Å². The zero-order chi connectivity index (χ0) is 17.0. The Morgan fingerprint density at radius 3 is 2.26 bits per heavy atom. The average Bonchev–Trinajstić information content (AvgIpc) is 2.48. The second kappa shape index (κ2) is 7.21. The van der Waals surface area contributed by atoms with E-state index in [1.165, 1.54) is 5.56 Å². The Morgan fingerprint density at radius 1 is 1.17 bits per heavy atom. The molecule has 1 aromatic rings. The Balaban J connectivity index is 1.81. The standard InChI is InChI=1S/C18H29N3O2/c1-14(13-15-5-7-16(19)8-6-15)20-9-11-21(12-10-20)17(22)23-18(2,3)4/h5-8,14H,9-13,19H2,1-4H3. The van der Waals surface area contributed by atoms with Crippen LogP contribution in [0.1, 0.15) is 33.3 Å². The first kappa shape index (κ1) is 17.6. The lowest BCUT2D eigenvalue weighted by atomic mass is 10.0. The van der Waals surface area contributed by atoms with Crippen LogP contribution in [0.4, 0.5) is 10.5 Å². The molecule has 1 atom stereocenters. The first-order chi connectivity index (χ1) is 10.7. The first-order valence-corrected chi connectivity index (χ1v) is 8.31. The predicted molar refractivity (Wildman–Crippen MR) is 93.4 cm³/mol. The van der Waals surface area contributed by atoms with E-state index in [1.54, 1.807) is 4.90 Å². The van der Waals surface area contributed by atoms with Crippen molar-refractivity contribution in [1.82, 2.24) is 9.80 Å². The summed E-state index contributed by atoms with van der Waals surface area (Å²) in [6.07, 6.45) is 0.788. The maximum atomic E-state index is 12.1. The largest absolute Gasteiger partial charge is 0.444 e. The lowest BCUT2D eigenvalue weighted by molar-refractivity contribution is 0.0111. The van der Waals surface area contributed by atoms with Crippen LogP contribution in [-0.4, -0.2) is 53.7 Å². The second-order valence-corrected chi connectivity index (χ2v) is 7.30. The molecule has 1 unspecified atom stereocenters. The highest BCUT2D eigenvalue weighted by Crippen LogP contribution is 2.15. The summed E-state index contributed by atoms with van der Waals surface area (Å²) in [4.78, 5) is 16.3. The monoisotopic (exact) mass is 319 g/mol. The fourth-order valence-electron chi connectivity index (χ4n) is 2.80. The summed E-state index contributed by atoms with van der Waals surface area (Å²) < 4.78 is 5.44. The van der Waals surface area contributed by atoms with Gasteiger partial charge >= 0.3 is 6.09 Å². The quantitative estimate of drug-likeness (QED) is 0.870. The van der Waals surface area contributed by atoms with Gasteiger partial charge in [-0.2, -0.15) is 0 Å². The molecule has 2 rings (SSSR count). The van der Waals surface area contributed by atoms with Crippen LogP contribution in [0.5, 0.6) is 0 Å². The van der Waals surface area contributed by atoms with E-state index in [0.29, 0.717) is 6.04 Å². The average molecular weight is 319 g/mol. The van der Waals surface area contributed by atoms with E-state index in [9.17, 15) is 4.79 Å². The van der Waals surface area contributed by atoms with Gasteiger partial charge in [-0.15, -0.1) is 0 Å². The Bertz CT molecular complexity index is 514. The van der Waals surface area contributed by atoms with E-state index in [2.05, 4.69) is 24.0 Å². The van der Waals surface area contributed by atoms with Crippen molar-refractivity contribution < 1.29 is 9.53 Å². The van der Waals surface area contributed by atoms with Crippen LogP contribution in [0, 0.1) is 0 Å². The third-order valence-electron chi connectivity index (χ3n) is 4.10.